The highest BCUT2D eigenvalue weighted by atomic mass is 35.5. The maximum absolute atomic E-state index is 9.08. The van der Waals surface area contributed by atoms with Gasteiger partial charge in [0.05, 0.1) is 19.4 Å². The highest BCUT2D eigenvalue weighted by Gasteiger charge is 2.35. The number of anilines is 3. The van der Waals surface area contributed by atoms with Gasteiger partial charge in [-0.05, 0) is 24.4 Å². The van der Waals surface area contributed by atoms with Gasteiger partial charge in [0.2, 0.25) is 5.28 Å². The first kappa shape index (κ1) is 11.8. The SMILES string of the molecule is Nc1nc(Cl)nc2c1NCN2[C@H]1CC[C@@H](CO)O1. The van der Waals surface area contributed by atoms with Crippen molar-refractivity contribution >= 4 is 28.9 Å². The van der Waals surface area contributed by atoms with Crippen LogP contribution in [-0.4, -0.2) is 40.7 Å². The Kier molecular flexibility index (Phi) is 2.89. The van der Waals surface area contributed by atoms with E-state index in [-0.39, 0.29) is 24.2 Å². The minimum absolute atomic E-state index is 0.0390. The molecular weight excluding hydrogens is 258 g/mol. The summed E-state index contributed by atoms with van der Waals surface area (Å²) in [5.74, 6) is 1.00. The third kappa shape index (κ3) is 1.84. The molecular formula is C10H14ClN5O2. The fourth-order valence-electron chi connectivity index (χ4n) is 2.34. The molecule has 2 atom stereocenters. The predicted molar refractivity (Wildman–Crippen MR) is 67.4 cm³/mol. The molecule has 2 aliphatic rings. The van der Waals surface area contributed by atoms with Crippen molar-refractivity contribution in [3.05, 3.63) is 5.28 Å². The van der Waals surface area contributed by atoms with Crippen molar-refractivity contribution in [1.29, 1.82) is 0 Å². The zero-order chi connectivity index (χ0) is 12.7. The summed E-state index contributed by atoms with van der Waals surface area (Å²) >= 11 is 5.82. The van der Waals surface area contributed by atoms with E-state index in [1.807, 2.05) is 4.90 Å². The summed E-state index contributed by atoms with van der Waals surface area (Å²) in [5.41, 5.74) is 6.47. The van der Waals surface area contributed by atoms with Gasteiger partial charge in [0.1, 0.15) is 11.9 Å². The zero-order valence-electron chi connectivity index (χ0n) is 9.64. The van der Waals surface area contributed by atoms with E-state index >= 15 is 0 Å². The minimum Gasteiger partial charge on any atom is -0.394 e. The number of aliphatic hydroxyl groups excluding tert-OH is 1. The van der Waals surface area contributed by atoms with Gasteiger partial charge >= 0.3 is 0 Å². The first-order chi connectivity index (χ1) is 8.69. The molecule has 0 bridgehead atoms. The van der Waals surface area contributed by atoms with Crippen molar-refractivity contribution in [3.63, 3.8) is 0 Å². The molecule has 4 N–H and O–H groups in total. The number of hydrogen-bond acceptors (Lipinski definition) is 7. The molecule has 0 aromatic carbocycles. The Hall–Kier alpha value is -1.31. The summed E-state index contributed by atoms with van der Waals surface area (Å²) in [4.78, 5) is 10.0. The van der Waals surface area contributed by atoms with Gasteiger partial charge in [-0.2, -0.15) is 9.97 Å². The molecule has 3 rings (SSSR count). The summed E-state index contributed by atoms with van der Waals surface area (Å²) in [6, 6.07) is 0. The van der Waals surface area contributed by atoms with Crippen LogP contribution in [0.3, 0.4) is 0 Å². The van der Waals surface area contributed by atoms with Crippen LogP contribution in [-0.2, 0) is 4.74 Å². The van der Waals surface area contributed by atoms with Crippen LogP contribution in [0.5, 0.6) is 0 Å². The molecule has 0 amide bonds. The summed E-state index contributed by atoms with van der Waals surface area (Å²) < 4.78 is 5.72. The topological polar surface area (TPSA) is 96.5 Å². The van der Waals surface area contributed by atoms with E-state index < -0.39 is 0 Å². The van der Waals surface area contributed by atoms with Gasteiger partial charge in [-0.15, -0.1) is 0 Å². The standard InChI is InChI=1S/C10H14ClN5O2/c11-10-14-8(12)7-9(15-10)16(4-13-7)6-2-1-5(3-17)18-6/h5-6,13,17H,1-4H2,(H2,12,14,15)/t5-,6+/m0/s1. The Bertz CT molecular complexity index is 472. The summed E-state index contributed by atoms with van der Waals surface area (Å²) in [5, 5.41) is 12.3. The Balaban J connectivity index is 1.86. The van der Waals surface area contributed by atoms with Crippen LogP contribution < -0.4 is 16.0 Å². The van der Waals surface area contributed by atoms with Crippen LogP contribution in [0.1, 0.15) is 12.8 Å². The number of aromatic nitrogens is 2. The van der Waals surface area contributed by atoms with Gasteiger partial charge in [0.15, 0.2) is 11.6 Å². The van der Waals surface area contributed by atoms with Crippen LogP contribution >= 0.6 is 11.6 Å². The van der Waals surface area contributed by atoms with Crippen molar-refractivity contribution in [3.8, 4) is 0 Å². The lowest BCUT2D eigenvalue weighted by molar-refractivity contribution is 0.0115. The lowest BCUT2D eigenvalue weighted by Gasteiger charge is -2.24. The number of nitrogens with two attached hydrogens (primary N) is 1. The van der Waals surface area contributed by atoms with E-state index in [4.69, 9.17) is 27.2 Å². The molecule has 8 heteroatoms. The first-order valence-electron chi connectivity index (χ1n) is 5.79. The van der Waals surface area contributed by atoms with Crippen molar-refractivity contribution in [2.24, 2.45) is 0 Å². The van der Waals surface area contributed by atoms with Crippen molar-refractivity contribution in [2.75, 3.05) is 29.2 Å². The van der Waals surface area contributed by atoms with E-state index in [2.05, 4.69) is 15.3 Å². The largest absolute Gasteiger partial charge is 0.394 e. The smallest absolute Gasteiger partial charge is 0.226 e. The number of fused-ring (bicyclic) bond motifs is 1. The lowest BCUT2D eigenvalue weighted by Crippen LogP contribution is -2.35. The van der Waals surface area contributed by atoms with Crippen molar-refractivity contribution in [2.45, 2.75) is 25.2 Å². The number of nitrogen functional groups attached to an aromatic ring is 1. The van der Waals surface area contributed by atoms with Crippen LogP contribution in [0.25, 0.3) is 0 Å². The van der Waals surface area contributed by atoms with Crippen molar-refractivity contribution in [1.82, 2.24) is 9.97 Å². The van der Waals surface area contributed by atoms with Crippen LogP contribution in [0, 0.1) is 0 Å². The Morgan fingerprint density at radius 1 is 1.50 bits per heavy atom. The lowest BCUT2D eigenvalue weighted by atomic mass is 10.2. The fraction of sp³-hybridized carbons (Fsp3) is 0.600. The molecule has 0 unspecified atom stereocenters. The first-order valence-corrected chi connectivity index (χ1v) is 6.16. The Labute approximate surface area is 109 Å². The molecule has 1 fully saturated rings. The van der Waals surface area contributed by atoms with Gasteiger partial charge in [-0.1, -0.05) is 0 Å². The van der Waals surface area contributed by atoms with Gasteiger partial charge in [-0.3, -0.25) is 0 Å². The summed E-state index contributed by atoms with van der Waals surface area (Å²) in [6.45, 7) is 0.592. The highest BCUT2D eigenvalue weighted by molar-refractivity contribution is 6.28. The molecule has 0 radical (unpaired) electrons. The van der Waals surface area contributed by atoms with E-state index in [1.165, 1.54) is 0 Å². The highest BCUT2D eigenvalue weighted by Crippen LogP contribution is 2.38. The second-order valence-corrected chi connectivity index (χ2v) is 4.69. The molecule has 98 valence electrons. The van der Waals surface area contributed by atoms with E-state index in [1.54, 1.807) is 0 Å². The average molecular weight is 272 g/mol. The molecule has 0 aliphatic carbocycles. The van der Waals surface area contributed by atoms with Crippen LogP contribution in [0.4, 0.5) is 17.3 Å². The second-order valence-electron chi connectivity index (χ2n) is 4.35. The monoisotopic (exact) mass is 271 g/mol. The van der Waals surface area contributed by atoms with Crippen LogP contribution in [0.2, 0.25) is 5.28 Å². The average Bonchev–Trinajstić information content (AvgIpc) is 2.93. The predicted octanol–water partition coefficient (Wildman–Crippen LogP) is 0.399. The van der Waals surface area contributed by atoms with E-state index in [0.717, 1.165) is 12.8 Å². The fourth-order valence-corrected chi connectivity index (χ4v) is 2.51. The molecule has 1 aromatic rings. The molecule has 7 nitrogen and oxygen atoms in total. The normalized spacial score (nSPS) is 26.2. The third-order valence-electron chi connectivity index (χ3n) is 3.23. The number of nitrogens with zero attached hydrogens (tertiary/aromatic N) is 3. The van der Waals surface area contributed by atoms with E-state index in [9.17, 15) is 0 Å². The van der Waals surface area contributed by atoms with Gasteiger partial charge in [-0.25, -0.2) is 0 Å². The molecule has 1 saturated heterocycles. The number of nitrogens with one attached hydrogen (secondary N) is 1. The molecule has 3 heterocycles. The molecule has 0 saturated carbocycles. The number of hydrogen-bond donors (Lipinski definition) is 3. The Morgan fingerprint density at radius 2 is 2.33 bits per heavy atom. The number of aliphatic hydroxyl groups is 1. The zero-order valence-corrected chi connectivity index (χ0v) is 10.4. The minimum atomic E-state index is -0.110. The van der Waals surface area contributed by atoms with Gasteiger partial charge < -0.3 is 25.8 Å². The molecule has 2 aliphatic heterocycles. The summed E-state index contributed by atoms with van der Waals surface area (Å²) in [6.07, 6.45) is 1.46. The quantitative estimate of drug-likeness (QED) is 0.670. The molecule has 1 aromatic heterocycles. The van der Waals surface area contributed by atoms with Gasteiger partial charge in [0.25, 0.3) is 0 Å². The number of ether oxygens (including phenoxy) is 1. The molecule has 18 heavy (non-hydrogen) atoms. The maximum Gasteiger partial charge on any atom is 0.226 e. The second kappa shape index (κ2) is 4.42. The third-order valence-corrected chi connectivity index (χ3v) is 3.39. The van der Waals surface area contributed by atoms with Crippen molar-refractivity contribution < 1.29 is 9.84 Å². The molecule has 0 spiro atoms. The maximum atomic E-state index is 9.08. The van der Waals surface area contributed by atoms with E-state index in [0.29, 0.717) is 24.0 Å². The Morgan fingerprint density at radius 3 is 3.06 bits per heavy atom. The van der Waals surface area contributed by atoms with Gasteiger partial charge in [0, 0.05) is 0 Å². The number of halogens is 1. The summed E-state index contributed by atoms with van der Waals surface area (Å²) in [7, 11) is 0. The number of rotatable bonds is 2. The van der Waals surface area contributed by atoms with Crippen LogP contribution in [0.15, 0.2) is 0 Å².